The highest BCUT2D eigenvalue weighted by Gasteiger charge is 2.06. The van der Waals surface area contributed by atoms with Gasteiger partial charge in [-0.2, -0.15) is 5.26 Å². The van der Waals surface area contributed by atoms with E-state index in [1.807, 2.05) is 18.2 Å². The van der Waals surface area contributed by atoms with Gasteiger partial charge in [-0.05, 0) is 62.1 Å². The van der Waals surface area contributed by atoms with Crippen LogP contribution < -0.4 is 0 Å². The molecule has 0 heterocycles. The van der Waals surface area contributed by atoms with Crippen LogP contribution in [0.1, 0.15) is 153 Å². The van der Waals surface area contributed by atoms with Crippen molar-refractivity contribution in [1.29, 1.82) is 5.26 Å². The normalized spacial score (nSPS) is 11.9. The molecule has 1 aromatic rings. The van der Waals surface area contributed by atoms with Gasteiger partial charge in [0.1, 0.15) is 0 Å². The predicted molar refractivity (Wildman–Crippen MR) is 152 cm³/mol. The summed E-state index contributed by atoms with van der Waals surface area (Å²) >= 11 is 0. The Morgan fingerprint density at radius 1 is 0.647 bits per heavy atom. The minimum atomic E-state index is 0.809. The zero-order valence-corrected chi connectivity index (χ0v) is 22.6. The Morgan fingerprint density at radius 2 is 1.15 bits per heavy atom. The molecule has 0 aliphatic rings. The van der Waals surface area contributed by atoms with Gasteiger partial charge in [0, 0.05) is 0 Å². The van der Waals surface area contributed by atoms with Crippen LogP contribution in [0.25, 0.3) is 5.57 Å². The molecule has 1 heteroatoms. The SMILES string of the molecule is CCCCCCCCCCCC/C=C/CCCCCCC/C=C(/CCC)c1ccccc1C#N. The predicted octanol–water partition coefficient (Wildman–Crippen LogP) is 11.3. The highest BCUT2D eigenvalue weighted by atomic mass is 14.2. The number of hydrogen-bond acceptors (Lipinski definition) is 1. The molecule has 0 radical (unpaired) electrons. The first-order chi connectivity index (χ1) is 16.8. The van der Waals surface area contributed by atoms with Gasteiger partial charge in [0.2, 0.25) is 0 Å². The van der Waals surface area contributed by atoms with Crippen LogP contribution in [0, 0.1) is 11.3 Å². The Kier molecular flexibility index (Phi) is 20.4. The molecule has 0 bridgehead atoms. The van der Waals surface area contributed by atoms with Crippen molar-refractivity contribution in [2.24, 2.45) is 0 Å². The van der Waals surface area contributed by atoms with Crippen molar-refractivity contribution in [1.82, 2.24) is 0 Å². The molecule has 0 saturated heterocycles. The van der Waals surface area contributed by atoms with Crippen molar-refractivity contribution in [3.05, 3.63) is 53.6 Å². The minimum absolute atomic E-state index is 0.809. The summed E-state index contributed by atoms with van der Waals surface area (Å²) in [5, 5.41) is 9.39. The zero-order chi connectivity index (χ0) is 24.5. The Morgan fingerprint density at radius 3 is 1.68 bits per heavy atom. The number of nitriles is 1. The second-order valence-electron chi connectivity index (χ2n) is 9.92. The average Bonchev–Trinajstić information content (AvgIpc) is 2.86. The molecular formula is C33H53N. The molecule has 190 valence electrons. The van der Waals surface area contributed by atoms with Gasteiger partial charge >= 0.3 is 0 Å². The van der Waals surface area contributed by atoms with Gasteiger partial charge in [0.15, 0.2) is 0 Å². The van der Waals surface area contributed by atoms with E-state index in [1.54, 1.807) is 0 Å². The third-order valence-corrected chi connectivity index (χ3v) is 6.77. The maximum absolute atomic E-state index is 9.39. The average molecular weight is 464 g/mol. The number of allylic oxidation sites excluding steroid dienone is 4. The van der Waals surface area contributed by atoms with E-state index in [0.29, 0.717) is 0 Å². The molecule has 1 nitrogen and oxygen atoms in total. The number of unbranched alkanes of at least 4 members (excludes halogenated alkanes) is 16. The Bertz CT molecular complexity index is 691. The van der Waals surface area contributed by atoms with E-state index in [-0.39, 0.29) is 0 Å². The van der Waals surface area contributed by atoms with Crippen molar-refractivity contribution in [3.63, 3.8) is 0 Å². The molecule has 0 saturated carbocycles. The van der Waals surface area contributed by atoms with Gasteiger partial charge in [-0.3, -0.25) is 0 Å². The summed E-state index contributed by atoms with van der Waals surface area (Å²) in [6.07, 6.45) is 33.9. The van der Waals surface area contributed by atoms with Crippen LogP contribution in [0.5, 0.6) is 0 Å². The molecule has 0 N–H and O–H groups in total. The van der Waals surface area contributed by atoms with Gasteiger partial charge < -0.3 is 0 Å². The fourth-order valence-electron chi connectivity index (χ4n) is 4.68. The summed E-state index contributed by atoms with van der Waals surface area (Å²) in [6.45, 7) is 4.51. The summed E-state index contributed by atoms with van der Waals surface area (Å²) in [5.74, 6) is 0. The van der Waals surface area contributed by atoms with Gasteiger partial charge in [-0.25, -0.2) is 0 Å². The Balaban J connectivity index is 1.98. The molecule has 1 rings (SSSR count). The first kappa shape index (κ1) is 30.2. The second-order valence-corrected chi connectivity index (χ2v) is 9.92. The van der Waals surface area contributed by atoms with E-state index in [0.717, 1.165) is 30.4 Å². The van der Waals surface area contributed by atoms with E-state index < -0.39 is 0 Å². The molecule has 0 unspecified atom stereocenters. The fraction of sp³-hybridized carbons (Fsp3) is 0.667. The summed E-state index contributed by atoms with van der Waals surface area (Å²) in [4.78, 5) is 0. The van der Waals surface area contributed by atoms with E-state index in [9.17, 15) is 5.26 Å². The Hall–Kier alpha value is -1.81. The van der Waals surface area contributed by atoms with Crippen molar-refractivity contribution in [2.45, 2.75) is 142 Å². The molecule has 0 aliphatic carbocycles. The van der Waals surface area contributed by atoms with Crippen molar-refractivity contribution in [2.75, 3.05) is 0 Å². The lowest BCUT2D eigenvalue weighted by molar-refractivity contribution is 0.557. The first-order valence-electron chi connectivity index (χ1n) is 14.7. The monoisotopic (exact) mass is 463 g/mol. The third-order valence-electron chi connectivity index (χ3n) is 6.77. The lowest BCUT2D eigenvalue weighted by Gasteiger charge is -2.09. The highest BCUT2D eigenvalue weighted by Crippen LogP contribution is 2.24. The number of nitrogens with zero attached hydrogens (tertiary/aromatic N) is 1. The lowest BCUT2D eigenvalue weighted by Crippen LogP contribution is -1.90. The first-order valence-corrected chi connectivity index (χ1v) is 14.7. The maximum atomic E-state index is 9.39. The van der Waals surface area contributed by atoms with E-state index in [4.69, 9.17) is 0 Å². The third kappa shape index (κ3) is 15.9. The van der Waals surface area contributed by atoms with Gasteiger partial charge in [0.05, 0.1) is 11.6 Å². The van der Waals surface area contributed by atoms with E-state index in [1.165, 1.54) is 115 Å². The van der Waals surface area contributed by atoms with Crippen LogP contribution >= 0.6 is 0 Å². The summed E-state index contributed by atoms with van der Waals surface area (Å²) in [6, 6.07) is 10.4. The molecule has 0 amide bonds. The zero-order valence-electron chi connectivity index (χ0n) is 22.6. The number of hydrogen-bond donors (Lipinski definition) is 0. The molecule has 0 aromatic heterocycles. The van der Waals surface area contributed by atoms with E-state index >= 15 is 0 Å². The summed E-state index contributed by atoms with van der Waals surface area (Å²) in [7, 11) is 0. The van der Waals surface area contributed by atoms with Crippen molar-refractivity contribution < 1.29 is 0 Å². The molecule has 34 heavy (non-hydrogen) atoms. The van der Waals surface area contributed by atoms with Crippen LogP contribution in [0.2, 0.25) is 0 Å². The fourth-order valence-corrected chi connectivity index (χ4v) is 4.68. The van der Waals surface area contributed by atoms with Gasteiger partial charge in [0.25, 0.3) is 0 Å². The topological polar surface area (TPSA) is 23.8 Å². The van der Waals surface area contributed by atoms with Crippen LogP contribution in [0.3, 0.4) is 0 Å². The maximum Gasteiger partial charge on any atom is 0.0998 e. The lowest BCUT2D eigenvalue weighted by atomic mass is 9.95. The van der Waals surface area contributed by atoms with Gasteiger partial charge in [-0.15, -0.1) is 0 Å². The molecule has 0 aliphatic heterocycles. The number of rotatable bonds is 22. The second kappa shape index (κ2) is 23.0. The van der Waals surface area contributed by atoms with Crippen LogP contribution in [0.4, 0.5) is 0 Å². The standard InChI is InChI=1S/C33H53N/c1-3-5-6-7-8-9-10-11-12-13-14-15-16-17-18-19-20-21-22-23-27-31(26-4-2)33-29-25-24-28-32(33)30-34/h15-16,24-25,27-29H,3-14,17-23,26H2,1-2H3/b16-15+,31-27-. The summed E-state index contributed by atoms with van der Waals surface area (Å²) in [5.41, 5.74) is 3.30. The van der Waals surface area contributed by atoms with Crippen molar-refractivity contribution >= 4 is 5.57 Å². The van der Waals surface area contributed by atoms with Crippen LogP contribution in [0.15, 0.2) is 42.5 Å². The number of benzene rings is 1. The molecule has 0 atom stereocenters. The molecule has 0 spiro atoms. The van der Waals surface area contributed by atoms with Crippen molar-refractivity contribution in [3.8, 4) is 6.07 Å². The highest BCUT2D eigenvalue weighted by molar-refractivity contribution is 5.70. The van der Waals surface area contributed by atoms with Crippen LogP contribution in [-0.4, -0.2) is 0 Å². The van der Waals surface area contributed by atoms with Crippen LogP contribution in [-0.2, 0) is 0 Å². The molecule has 0 fully saturated rings. The molecular weight excluding hydrogens is 410 g/mol. The van der Waals surface area contributed by atoms with Gasteiger partial charge in [-0.1, -0.05) is 134 Å². The quantitative estimate of drug-likeness (QED) is 0.124. The largest absolute Gasteiger partial charge is 0.192 e. The smallest absolute Gasteiger partial charge is 0.0998 e. The summed E-state index contributed by atoms with van der Waals surface area (Å²) < 4.78 is 0. The molecule has 1 aromatic carbocycles. The Labute approximate surface area is 212 Å². The van der Waals surface area contributed by atoms with E-state index in [2.05, 4.69) is 44.2 Å². The minimum Gasteiger partial charge on any atom is -0.192 e.